The molecular formula is C24H19N3O4. The van der Waals surface area contributed by atoms with Crippen molar-refractivity contribution in [3.63, 3.8) is 0 Å². The molecule has 4 aromatic rings. The van der Waals surface area contributed by atoms with Gasteiger partial charge in [0.25, 0.3) is 11.8 Å². The first-order valence-corrected chi connectivity index (χ1v) is 9.64. The lowest BCUT2D eigenvalue weighted by Crippen LogP contribution is -2.34. The maximum atomic E-state index is 12.4. The van der Waals surface area contributed by atoms with Crippen LogP contribution in [0.5, 0.6) is 0 Å². The molecule has 0 saturated heterocycles. The van der Waals surface area contributed by atoms with Gasteiger partial charge < -0.3 is 4.74 Å². The van der Waals surface area contributed by atoms with Crippen molar-refractivity contribution < 1.29 is 19.1 Å². The zero-order valence-corrected chi connectivity index (χ0v) is 16.7. The molecule has 0 radical (unpaired) electrons. The standard InChI is InChI=1S/C24H19N3O4/c1-16-25-20-14-18(12-13-21(20)27(16)19-10-6-3-7-11-19)24(30)31-15-22(28)26-23(29)17-8-4-2-5-9-17/h2-14H,15H2,1H3,(H,26,28,29). The molecule has 7 heteroatoms. The van der Waals surface area contributed by atoms with E-state index in [9.17, 15) is 14.4 Å². The highest BCUT2D eigenvalue weighted by atomic mass is 16.5. The highest BCUT2D eigenvalue weighted by Gasteiger charge is 2.16. The number of amides is 2. The predicted molar refractivity (Wildman–Crippen MR) is 115 cm³/mol. The fourth-order valence-corrected chi connectivity index (χ4v) is 3.27. The number of hydrogen-bond acceptors (Lipinski definition) is 5. The summed E-state index contributed by atoms with van der Waals surface area (Å²) in [6.45, 7) is 1.33. The molecule has 0 bridgehead atoms. The van der Waals surface area contributed by atoms with Gasteiger partial charge >= 0.3 is 5.97 Å². The molecule has 7 nitrogen and oxygen atoms in total. The topological polar surface area (TPSA) is 90.3 Å². The molecule has 0 aliphatic rings. The monoisotopic (exact) mass is 413 g/mol. The Morgan fingerprint density at radius 2 is 1.58 bits per heavy atom. The van der Waals surface area contributed by atoms with Gasteiger partial charge in [0.1, 0.15) is 5.82 Å². The number of fused-ring (bicyclic) bond motifs is 1. The molecule has 0 saturated carbocycles. The minimum Gasteiger partial charge on any atom is -0.452 e. The molecular weight excluding hydrogens is 394 g/mol. The van der Waals surface area contributed by atoms with Crippen LogP contribution in [0.2, 0.25) is 0 Å². The Morgan fingerprint density at radius 3 is 2.29 bits per heavy atom. The Hall–Kier alpha value is -4.26. The van der Waals surface area contributed by atoms with Gasteiger partial charge in [-0.05, 0) is 49.4 Å². The zero-order valence-electron chi connectivity index (χ0n) is 16.7. The van der Waals surface area contributed by atoms with Gasteiger partial charge in [-0.2, -0.15) is 0 Å². The van der Waals surface area contributed by atoms with Gasteiger partial charge in [0, 0.05) is 11.3 Å². The van der Waals surface area contributed by atoms with E-state index in [4.69, 9.17) is 4.74 Å². The third-order valence-electron chi connectivity index (χ3n) is 4.70. The second kappa shape index (κ2) is 8.62. The van der Waals surface area contributed by atoms with Crippen LogP contribution in [0.15, 0.2) is 78.9 Å². The molecule has 2 amide bonds. The Morgan fingerprint density at radius 1 is 0.903 bits per heavy atom. The lowest BCUT2D eigenvalue weighted by molar-refractivity contribution is -0.123. The molecule has 1 N–H and O–H groups in total. The Kier molecular flexibility index (Phi) is 5.57. The van der Waals surface area contributed by atoms with Crippen LogP contribution in [0.4, 0.5) is 0 Å². The Bertz CT molecular complexity index is 1260. The van der Waals surface area contributed by atoms with Gasteiger partial charge in [-0.3, -0.25) is 19.5 Å². The van der Waals surface area contributed by atoms with E-state index in [2.05, 4.69) is 10.3 Å². The van der Waals surface area contributed by atoms with Gasteiger partial charge in [0.05, 0.1) is 16.6 Å². The fourth-order valence-electron chi connectivity index (χ4n) is 3.27. The van der Waals surface area contributed by atoms with E-state index in [0.29, 0.717) is 11.1 Å². The molecule has 0 spiro atoms. The number of esters is 1. The van der Waals surface area contributed by atoms with E-state index in [-0.39, 0.29) is 5.56 Å². The van der Waals surface area contributed by atoms with E-state index >= 15 is 0 Å². The molecule has 0 unspecified atom stereocenters. The average molecular weight is 413 g/mol. The summed E-state index contributed by atoms with van der Waals surface area (Å²) < 4.78 is 7.05. The van der Waals surface area contributed by atoms with Crippen LogP contribution in [0.25, 0.3) is 16.7 Å². The molecule has 0 aliphatic heterocycles. The Balaban J connectivity index is 1.44. The molecule has 3 aromatic carbocycles. The van der Waals surface area contributed by atoms with Crippen molar-refractivity contribution in [3.05, 3.63) is 95.8 Å². The van der Waals surface area contributed by atoms with E-state index in [0.717, 1.165) is 17.0 Å². The minimum absolute atomic E-state index is 0.271. The van der Waals surface area contributed by atoms with Crippen LogP contribution >= 0.6 is 0 Å². The third-order valence-corrected chi connectivity index (χ3v) is 4.70. The number of hydrogen-bond donors (Lipinski definition) is 1. The number of ether oxygens (including phenoxy) is 1. The molecule has 1 heterocycles. The normalized spacial score (nSPS) is 10.6. The van der Waals surface area contributed by atoms with Gasteiger partial charge in [0.2, 0.25) is 0 Å². The van der Waals surface area contributed by atoms with E-state index in [1.165, 1.54) is 0 Å². The quantitative estimate of drug-likeness (QED) is 0.506. The minimum atomic E-state index is -0.701. The maximum Gasteiger partial charge on any atom is 0.338 e. The van der Waals surface area contributed by atoms with Crippen LogP contribution in [0.1, 0.15) is 26.5 Å². The summed E-state index contributed by atoms with van der Waals surface area (Å²) in [4.78, 5) is 40.9. The van der Waals surface area contributed by atoms with Crippen LogP contribution in [-0.2, 0) is 9.53 Å². The number of nitrogens with zero attached hydrogens (tertiary/aromatic N) is 2. The van der Waals surface area contributed by atoms with Crippen LogP contribution in [-0.4, -0.2) is 33.9 Å². The molecule has 0 fully saturated rings. The van der Waals surface area contributed by atoms with Gasteiger partial charge in [-0.15, -0.1) is 0 Å². The first-order chi connectivity index (χ1) is 15.0. The number of carbonyl (C=O) groups excluding carboxylic acids is 3. The zero-order chi connectivity index (χ0) is 21.8. The van der Waals surface area contributed by atoms with Crippen molar-refractivity contribution in [2.75, 3.05) is 6.61 Å². The van der Waals surface area contributed by atoms with E-state index in [1.807, 2.05) is 41.8 Å². The summed E-state index contributed by atoms with van der Waals surface area (Å²) in [6, 6.07) is 23.1. The largest absolute Gasteiger partial charge is 0.452 e. The van der Waals surface area contributed by atoms with Crippen molar-refractivity contribution in [2.45, 2.75) is 6.92 Å². The number of imide groups is 1. The van der Waals surface area contributed by atoms with Crippen molar-refractivity contribution in [2.24, 2.45) is 0 Å². The molecule has 154 valence electrons. The second-order valence-corrected chi connectivity index (χ2v) is 6.85. The lowest BCUT2D eigenvalue weighted by atomic mass is 10.2. The molecule has 0 atom stereocenters. The van der Waals surface area contributed by atoms with Crippen molar-refractivity contribution >= 4 is 28.8 Å². The number of aryl methyl sites for hydroxylation is 1. The smallest absolute Gasteiger partial charge is 0.338 e. The van der Waals surface area contributed by atoms with Crippen molar-refractivity contribution in [1.82, 2.24) is 14.9 Å². The highest BCUT2D eigenvalue weighted by Crippen LogP contribution is 2.22. The summed E-state index contributed by atoms with van der Waals surface area (Å²) in [5.74, 6) is -1.14. The summed E-state index contributed by atoms with van der Waals surface area (Å²) in [5, 5.41) is 2.19. The van der Waals surface area contributed by atoms with Gasteiger partial charge in [-0.25, -0.2) is 9.78 Å². The van der Waals surface area contributed by atoms with Gasteiger partial charge in [-0.1, -0.05) is 36.4 Å². The summed E-state index contributed by atoms with van der Waals surface area (Å²) in [6.07, 6.45) is 0. The summed E-state index contributed by atoms with van der Waals surface area (Å²) >= 11 is 0. The fraction of sp³-hybridized carbons (Fsp3) is 0.0833. The van der Waals surface area contributed by atoms with Gasteiger partial charge in [0.15, 0.2) is 6.61 Å². The lowest BCUT2D eigenvalue weighted by Gasteiger charge is -2.07. The molecule has 31 heavy (non-hydrogen) atoms. The first kappa shape index (κ1) is 20.0. The van der Waals surface area contributed by atoms with Crippen LogP contribution in [0, 0.1) is 6.92 Å². The van der Waals surface area contributed by atoms with E-state index in [1.54, 1.807) is 48.5 Å². The number of benzene rings is 3. The maximum absolute atomic E-state index is 12.4. The first-order valence-electron chi connectivity index (χ1n) is 9.64. The third kappa shape index (κ3) is 4.35. The molecule has 1 aromatic heterocycles. The number of para-hydroxylation sites is 1. The Labute approximate surface area is 178 Å². The van der Waals surface area contributed by atoms with Crippen molar-refractivity contribution in [1.29, 1.82) is 0 Å². The average Bonchev–Trinajstić information content (AvgIpc) is 3.13. The highest BCUT2D eigenvalue weighted by molar-refractivity contribution is 6.05. The van der Waals surface area contributed by atoms with Crippen LogP contribution < -0.4 is 5.32 Å². The number of rotatable bonds is 5. The SMILES string of the molecule is Cc1nc2cc(C(=O)OCC(=O)NC(=O)c3ccccc3)ccc2n1-c1ccccc1. The number of aromatic nitrogens is 2. The molecule has 0 aliphatic carbocycles. The summed E-state index contributed by atoms with van der Waals surface area (Å²) in [5.41, 5.74) is 3.08. The van der Waals surface area contributed by atoms with Crippen LogP contribution in [0.3, 0.4) is 0 Å². The number of carbonyl (C=O) groups is 3. The number of imidazole rings is 1. The second-order valence-electron chi connectivity index (χ2n) is 6.85. The van der Waals surface area contributed by atoms with Crippen molar-refractivity contribution in [3.8, 4) is 5.69 Å². The molecule has 4 rings (SSSR count). The number of nitrogens with one attached hydrogen (secondary N) is 1. The van der Waals surface area contributed by atoms with E-state index < -0.39 is 24.4 Å². The predicted octanol–water partition coefficient (Wildman–Crippen LogP) is 3.45. The summed E-state index contributed by atoms with van der Waals surface area (Å²) in [7, 11) is 0.